The smallest absolute Gasteiger partial charge is 0.228 e. The van der Waals surface area contributed by atoms with Crippen LogP contribution in [0.25, 0.3) is 10.8 Å². The van der Waals surface area contributed by atoms with Crippen LogP contribution in [0.3, 0.4) is 0 Å². The monoisotopic (exact) mass is 412 g/mol. The third kappa shape index (κ3) is 4.33. The fraction of sp³-hybridized carbons (Fsp3) is 0.261. The third-order valence-electron chi connectivity index (χ3n) is 5.31. The molecule has 1 aliphatic rings. The summed E-state index contributed by atoms with van der Waals surface area (Å²) in [5, 5.41) is 6.49. The number of likely N-dealkylation sites (tertiary alicyclic amines) is 1. The Morgan fingerprint density at radius 3 is 2.71 bits per heavy atom. The molecule has 1 atom stereocenters. The highest BCUT2D eigenvalue weighted by molar-refractivity contribution is 6.42. The first kappa shape index (κ1) is 19.3. The highest BCUT2D eigenvalue weighted by Gasteiger charge is 2.26. The Hall–Kier alpha value is -2.07. The number of carbonyl (C=O) groups excluding carboxylic acids is 1. The van der Waals surface area contributed by atoms with Gasteiger partial charge in [0.15, 0.2) is 0 Å². The van der Waals surface area contributed by atoms with Gasteiger partial charge in [0.1, 0.15) is 0 Å². The van der Waals surface area contributed by atoms with Crippen molar-refractivity contribution in [1.82, 2.24) is 4.90 Å². The minimum atomic E-state index is -0.0181. The van der Waals surface area contributed by atoms with Gasteiger partial charge in [-0.2, -0.15) is 0 Å². The SMILES string of the molecule is O=C(Nc1cccc2ccccc12)C1CCCN(Cc2ccc(Cl)c(Cl)c2)C1. The van der Waals surface area contributed by atoms with Crippen molar-refractivity contribution < 1.29 is 4.79 Å². The molecular weight excluding hydrogens is 391 g/mol. The van der Waals surface area contributed by atoms with E-state index in [1.807, 2.05) is 48.5 Å². The number of piperidine rings is 1. The van der Waals surface area contributed by atoms with E-state index in [0.29, 0.717) is 10.0 Å². The Morgan fingerprint density at radius 2 is 1.86 bits per heavy atom. The summed E-state index contributed by atoms with van der Waals surface area (Å²) in [6.45, 7) is 2.50. The number of hydrogen-bond donors (Lipinski definition) is 1. The molecule has 0 aliphatic carbocycles. The number of carbonyl (C=O) groups is 1. The van der Waals surface area contributed by atoms with E-state index in [2.05, 4.69) is 22.3 Å². The lowest BCUT2D eigenvalue weighted by Crippen LogP contribution is -2.40. The van der Waals surface area contributed by atoms with Gasteiger partial charge in [-0.1, -0.05) is 65.7 Å². The summed E-state index contributed by atoms with van der Waals surface area (Å²) in [5.74, 6) is 0.0747. The summed E-state index contributed by atoms with van der Waals surface area (Å²) in [6.07, 6.45) is 1.92. The van der Waals surface area contributed by atoms with Crippen molar-refractivity contribution in [3.8, 4) is 0 Å². The van der Waals surface area contributed by atoms with E-state index in [0.717, 1.165) is 54.5 Å². The van der Waals surface area contributed by atoms with Crippen LogP contribution >= 0.6 is 23.2 Å². The Bertz CT molecular complexity index is 1000. The van der Waals surface area contributed by atoms with Gasteiger partial charge in [0.05, 0.1) is 16.0 Å². The van der Waals surface area contributed by atoms with Crippen LogP contribution in [0, 0.1) is 5.92 Å². The maximum absolute atomic E-state index is 12.9. The van der Waals surface area contributed by atoms with E-state index in [1.165, 1.54) is 0 Å². The van der Waals surface area contributed by atoms with Gasteiger partial charge in [-0.05, 0) is 48.5 Å². The van der Waals surface area contributed by atoms with Gasteiger partial charge in [0, 0.05) is 24.2 Å². The summed E-state index contributed by atoms with van der Waals surface area (Å²) < 4.78 is 0. The van der Waals surface area contributed by atoms with Gasteiger partial charge in [-0.15, -0.1) is 0 Å². The molecule has 1 heterocycles. The molecule has 5 heteroatoms. The van der Waals surface area contributed by atoms with Crippen LogP contribution in [0.2, 0.25) is 10.0 Å². The number of amides is 1. The van der Waals surface area contributed by atoms with Crippen molar-refractivity contribution in [2.75, 3.05) is 18.4 Å². The maximum Gasteiger partial charge on any atom is 0.228 e. The molecule has 28 heavy (non-hydrogen) atoms. The first-order valence-electron chi connectivity index (χ1n) is 9.55. The van der Waals surface area contributed by atoms with E-state index in [1.54, 1.807) is 0 Å². The molecule has 3 aromatic rings. The number of nitrogens with zero attached hydrogens (tertiary/aromatic N) is 1. The molecule has 0 bridgehead atoms. The predicted octanol–water partition coefficient (Wildman–Crippen LogP) is 6.00. The number of rotatable bonds is 4. The first-order valence-corrected chi connectivity index (χ1v) is 10.3. The molecule has 1 amide bonds. The number of halogens is 2. The molecule has 3 nitrogen and oxygen atoms in total. The van der Waals surface area contributed by atoms with Gasteiger partial charge in [-0.3, -0.25) is 9.69 Å². The predicted molar refractivity (Wildman–Crippen MR) is 117 cm³/mol. The molecule has 144 valence electrons. The van der Waals surface area contributed by atoms with Crippen LogP contribution in [0.4, 0.5) is 5.69 Å². The molecule has 1 fully saturated rings. The first-order chi connectivity index (χ1) is 13.6. The summed E-state index contributed by atoms with van der Waals surface area (Å²) in [6, 6.07) is 19.8. The molecule has 0 saturated carbocycles. The van der Waals surface area contributed by atoms with Gasteiger partial charge >= 0.3 is 0 Å². The number of nitrogens with one attached hydrogen (secondary N) is 1. The topological polar surface area (TPSA) is 32.3 Å². The molecule has 3 aromatic carbocycles. The third-order valence-corrected chi connectivity index (χ3v) is 6.05. The molecular formula is C23H22Cl2N2O. The van der Waals surface area contributed by atoms with Gasteiger partial charge in [-0.25, -0.2) is 0 Å². The van der Waals surface area contributed by atoms with Crippen LogP contribution in [0.15, 0.2) is 60.7 Å². The Labute approximate surface area is 175 Å². The molecule has 4 rings (SSSR count). The standard InChI is InChI=1S/C23H22Cl2N2O/c24-20-11-10-16(13-21(20)25)14-27-12-4-7-18(15-27)23(28)26-22-9-3-6-17-5-1-2-8-19(17)22/h1-3,5-6,8-11,13,18H,4,7,12,14-15H2,(H,26,28). The number of benzene rings is 3. The molecule has 0 radical (unpaired) electrons. The van der Waals surface area contributed by atoms with Gasteiger partial charge in [0.25, 0.3) is 0 Å². The Kier molecular flexibility index (Phi) is 5.86. The van der Waals surface area contributed by atoms with Crippen molar-refractivity contribution in [2.24, 2.45) is 5.92 Å². The molecule has 1 aliphatic heterocycles. The van der Waals surface area contributed by atoms with E-state index in [-0.39, 0.29) is 11.8 Å². The zero-order valence-electron chi connectivity index (χ0n) is 15.5. The summed E-state index contributed by atoms with van der Waals surface area (Å²) >= 11 is 12.1. The van der Waals surface area contributed by atoms with Crippen LogP contribution in [-0.2, 0) is 11.3 Å². The Morgan fingerprint density at radius 1 is 1.04 bits per heavy atom. The van der Waals surface area contributed by atoms with Crippen molar-refractivity contribution in [3.05, 3.63) is 76.3 Å². The van der Waals surface area contributed by atoms with Crippen molar-refractivity contribution in [3.63, 3.8) is 0 Å². The lowest BCUT2D eigenvalue weighted by Gasteiger charge is -2.32. The molecule has 0 spiro atoms. The number of anilines is 1. The van der Waals surface area contributed by atoms with Crippen molar-refractivity contribution in [1.29, 1.82) is 0 Å². The van der Waals surface area contributed by atoms with Crippen LogP contribution in [-0.4, -0.2) is 23.9 Å². The second-order valence-electron chi connectivity index (χ2n) is 7.34. The summed E-state index contributed by atoms with van der Waals surface area (Å²) in [7, 11) is 0. The zero-order valence-corrected chi connectivity index (χ0v) is 17.0. The lowest BCUT2D eigenvalue weighted by molar-refractivity contribution is -0.121. The number of hydrogen-bond acceptors (Lipinski definition) is 2. The zero-order chi connectivity index (χ0) is 19.5. The van der Waals surface area contributed by atoms with E-state index >= 15 is 0 Å². The quantitative estimate of drug-likeness (QED) is 0.569. The van der Waals surface area contributed by atoms with Crippen LogP contribution in [0.5, 0.6) is 0 Å². The lowest BCUT2D eigenvalue weighted by atomic mass is 9.96. The van der Waals surface area contributed by atoms with Gasteiger partial charge < -0.3 is 5.32 Å². The normalized spacial score (nSPS) is 17.6. The van der Waals surface area contributed by atoms with Crippen molar-refractivity contribution >= 4 is 45.6 Å². The second-order valence-corrected chi connectivity index (χ2v) is 8.15. The molecule has 0 aromatic heterocycles. The fourth-order valence-corrected chi connectivity index (χ4v) is 4.20. The Balaban J connectivity index is 1.43. The summed E-state index contributed by atoms with van der Waals surface area (Å²) in [5.41, 5.74) is 1.99. The average molecular weight is 413 g/mol. The van der Waals surface area contributed by atoms with Crippen LogP contribution in [0.1, 0.15) is 18.4 Å². The van der Waals surface area contributed by atoms with Crippen LogP contribution < -0.4 is 5.32 Å². The average Bonchev–Trinajstić information content (AvgIpc) is 2.71. The van der Waals surface area contributed by atoms with E-state index < -0.39 is 0 Å². The van der Waals surface area contributed by atoms with E-state index in [9.17, 15) is 4.79 Å². The van der Waals surface area contributed by atoms with Crippen molar-refractivity contribution in [2.45, 2.75) is 19.4 Å². The minimum Gasteiger partial charge on any atom is -0.325 e. The highest BCUT2D eigenvalue weighted by atomic mass is 35.5. The summed E-state index contributed by atoms with van der Waals surface area (Å²) in [4.78, 5) is 15.2. The molecule has 1 saturated heterocycles. The number of fused-ring (bicyclic) bond motifs is 1. The highest BCUT2D eigenvalue weighted by Crippen LogP contribution is 2.27. The van der Waals surface area contributed by atoms with Gasteiger partial charge in [0.2, 0.25) is 5.91 Å². The minimum absolute atomic E-state index is 0.0181. The fourth-order valence-electron chi connectivity index (χ4n) is 3.88. The molecule has 1 unspecified atom stereocenters. The maximum atomic E-state index is 12.9. The largest absolute Gasteiger partial charge is 0.325 e. The van der Waals surface area contributed by atoms with E-state index in [4.69, 9.17) is 23.2 Å². The molecule has 1 N–H and O–H groups in total. The second kappa shape index (κ2) is 8.52.